The minimum Gasteiger partial charge on any atom is -0.380 e. The maximum atomic E-state index is 5.49. The van der Waals surface area contributed by atoms with Gasteiger partial charge in [-0.05, 0) is 31.5 Å². The molecule has 0 saturated carbocycles. The van der Waals surface area contributed by atoms with Gasteiger partial charge in [-0.1, -0.05) is 0 Å². The monoisotopic (exact) mass is 291 g/mol. The number of rotatable bonds is 4. The highest BCUT2D eigenvalue weighted by Crippen LogP contribution is 2.29. The fourth-order valence-corrected chi connectivity index (χ4v) is 3.76. The van der Waals surface area contributed by atoms with Gasteiger partial charge in [0.05, 0.1) is 12.3 Å². The molecule has 4 nitrogen and oxygen atoms in total. The van der Waals surface area contributed by atoms with Gasteiger partial charge in [-0.25, -0.2) is 0 Å². The van der Waals surface area contributed by atoms with Crippen LogP contribution < -0.4 is 0 Å². The van der Waals surface area contributed by atoms with Gasteiger partial charge in [0.25, 0.3) is 0 Å². The van der Waals surface area contributed by atoms with Gasteiger partial charge in [0.2, 0.25) is 0 Å². The molecule has 0 N–H and O–H groups in total. The van der Waals surface area contributed by atoms with Crippen LogP contribution in [0.3, 0.4) is 0 Å². The van der Waals surface area contributed by atoms with Crippen molar-refractivity contribution in [1.29, 1.82) is 0 Å². The van der Waals surface area contributed by atoms with Crippen LogP contribution >= 0.6 is 11.3 Å². The maximum Gasteiger partial charge on any atom is 0.0698 e. The van der Waals surface area contributed by atoms with E-state index in [2.05, 4.69) is 28.3 Å². The van der Waals surface area contributed by atoms with Gasteiger partial charge in [-0.15, -0.1) is 11.3 Å². The summed E-state index contributed by atoms with van der Waals surface area (Å²) >= 11 is 1.87. The van der Waals surface area contributed by atoms with Gasteiger partial charge in [0.15, 0.2) is 0 Å². The fourth-order valence-electron chi connectivity index (χ4n) is 2.74. The molecular weight excluding hydrogens is 270 g/mol. The molecule has 0 spiro atoms. The summed E-state index contributed by atoms with van der Waals surface area (Å²) in [6, 6.07) is 4.44. The van der Waals surface area contributed by atoms with E-state index in [0.717, 1.165) is 13.1 Å². The molecule has 1 atom stereocenters. The minimum absolute atomic E-state index is 0.404. The zero-order chi connectivity index (χ0) is 13.9. The van der Waals surface area contributed by atoms with Crippen LogP contribution in [0.5, 0.6) is 0 Å². The molecule has 108 valence electrons. The molecule has 5 heteroatoms. The third kappa shape index (κ3) is 3.11. The number of hydrogen-bond acceptors (Lipinski definition) is 4. The molecule has 2 aromatic heterocycles. The predicted molar refractivity (Wildman–Crippen MR) is 81.8 cm³/mol. The predicted octanol–water partition coefficient (Wildman–Crippen LogP) is 2.76. The zero-order valence-corrected chi connectivity index (χ0v) is 12.9. The van der Waals surface area contributed by atoms with Crippen molar-refractivity contribution >= 4 is 11.3 Å². The quantitative estimate of drug-likeness (QED) is 0.868. The number of ether oxygens (including phenoxy) is 1. The summed E-state index contributed by atoms with van der Waals surface area (Å²) in [5, 5.41) is 4.24. The fraction of sp³-hybridized carbons (Fsp3) is 0.533. The van der Waals surface area contributed by atoms with Gasteiger partial charge < -0.3 is 4.74 Å². The second-order valence-electron chi connectivity index (χ2n) is 5.40. The Kier molecular flexibility index (Phi) is 4.19. The first-order valence-electron chi connectivity index (χ1n) is 7.07. The second kappa shape index (κ2) is 6.08. The lowest BCUT2D eigenvalue weighted by Crippen LogP contribution is -2.38. The Morgan fingerprint density at radius 1 is 1.45 bits per heavy atom. The van der Waals surface area contributed by atoms with E-state index in [-0.39, 0.29) is 0 Å². The summed E-state index contributed by atoms with van der Waals surface area (Å²) in [5.41, 5.74) is 1.21. The first-order chi connectivity index (χ1) is 9.74. The summed E-state index contributed by atoms with van der Waals surface area (Å²) < 4.78 is 7.34. The molecule has 0 amide bonds. The molecule has 1 aliphatic heterocycles. The molecule has 0 aromatic carbocycles. The Morgan fingerprint density at radius 2 is 2.35 bits per heavy atom. The van der Waals surface area contributed by atoms with Gasteiger partial charge >= 0.3 is 0 Å². The Bertz CT molecular complexity index is 563. The lowest BCUT2D eigenvalue weighted by Gasteiger charge is -2.31. The number of nitrogens with zero attached hydrogens (tertiary/aromatic N) is 3. The van der Waals surface area contributed by atoms with E-state index in [4.69, 9.17) is 4.74 Å². The number of aromatic nitrogens is 2. The molecule has 1 aliphatic rings. The Labute approximate surface area is 124 Å². The van der Waals surface area contributed by atoms with Crippen LogP contribution in [0.25, 0.3) is 10.4 Å². The van der Waals surface area contributed by atoms with Crippen molar-refractivity contribution in [3.8, 4) is 10.4 Å². The number of hydrogen-bond donors (Lipinski definition) is 0. The molecule has 0 radical (unpaired) electrons. The third-order valence-corrected chi connectivity index (χ3v) is 4.95. The summed E-state index contributed by atoms with van der Waals surface area (Å²) in [4.78, 5) is 5.21. The number of piperidine rings is 1. The Morgan fingerprint density at radius 3 is 3.10 bits per heavy atom. The van der Waals surface area contributed by atoms with Crippen molar-refractivity contribution in [2.45, 2.75) is 25.5 Å². The summed E-state index contributed by atoms with van der Waals surface area (Å²) in [6.07, 6.45) is 6.83. The summed E-state index contributed by atoms with van der Waals surface area (Å²) in [6.45, 7) is 3.27. The minimum atomic E-state index is 0.404. The van der Waals surface area contributed by atoms with Gasteiger partial charge in [0, 0.05) is 48.8 Å². The topological polar surface area (TPSA) is 30.3 Å². The molecule has 1 saturated heterocycles. The highest BCUT2D eigenvalue weighted by molar-refractivity contribution is 7.15. The lowest BCUT2D eigenvalue weighted by molar-refractivity contribution is 0.0289. The highest BCUT2D eigenvalue weighted by atomic mass is 32.1. The van der Waals surface area contributed by atoms with E-state index in [1.54, 1.807) is 0 Å². The average molecular weight is 291 g/mol. The first-order valence-corrected chi connectivity index (χ1v) is 7.89. The van der Waals surface area contributed by atoms with Crippen molar-refractivity contribution in [3.05, 3.63) is 29.4 Å². The van der Waals surface area contributed by atoms with Crippen molar-refractivity contribution in [1.82, 2.24) is 14.7 Å². The number of methoxy groups -OCH3 is 1. The van der Waals surface area contributed by atoms with E-state index < -0.39 is 0 Å². The van der Waals surface area contributed by atoms with E-state index in [0.29, 0.717) is 6.10 Å². The van der Waals surface area contributed by atoms with E-state index in [1.807, 2.05) is 36.4 Å². The van der Waals surface area contributed by atoms with Crippen LogP contribution in [0.2, 0.25) is 0 Å². The van der Waals surface area contributed by atoms with Crippen molar-refractivity contribution in [2.75, 3.05) is 20.2 Å². The van der Waals surface area contributed by atoms with Crippen LogP contribution in [-0.4, -0.2) is 41.0 Å². The molecule has 1 fully saturated rings. The standard InChI is InChI=1S/C15H21N3OS/c1-17-9-12(8-16-17)15-6-5-14(20-15)11-18-7-3-4-13(10-18)19-2/h5-6,8-9,13H,3-4,7,10-11H2,1-2H3. The molecule has 20 heavy (non-hydrogen) atoms. The average Bonchev–Trinajstić information content (AvgIpc) is 3.08. The molecular formula is C15H21N3OS. The van der Waals surface area contributed by atoms with Gasteiger partial charge in [-0.3, -0.25) is 9.58 Å². The SMILES string of the molecule is COC1CCCN(Cc2ccc(-c3cnn(C)c3)s2)C1. The van der Waals surface area contributed by atoms with E-state index in [9.17, 15) is 0 Å². The van der Waals surface area contributed by atoms with E-state index in [1.165, 1.54) is 34.7 Å². The van der Waals surface area contributed by atoms with Crippen molar-refractivity contribution in [3.63, 3.8) is 0 Å². The largest absolute Gasteiger partial charge is 0.380 e. The summed E-state index contributed by atoms with van der Waals surface area (Å²) in [5.74, 6) is 0. The van der Waals surface area contributed by atoms with Gasteiger partial charge in [-0.2, -0.15) is 5.10 Å². The number of aryl methyl sites for hydroxylation is 1. The lowest BCUT2D eigenvalue weighted by atomic mass is 10.1. The van der Waals surface area contributed by atoms with Crippen molar-refractivity contribution < 1.29 is 4.74 Å². The third-order valence-electron chi connectivity index (χ3n) is 3.83. The Balaban J connectivity index is 1.65. The van der Waals surface area contributed by atoms with Gasteiger partial charge in [0.1, 0.15) is 0 Å². The summed E-state index contributed by atoms with van der Waals surface area (Å²) in [7, 11) is 3.77. The molecule has 1 unspecified atom stereocenters. The maximum absolute atomic E-state index is 5.49. The molecule has 3 heterocycles. The second-order valence-corrected chi connectivity index (χ2v) is 6.57. The zero-order valence-electron chi connectivity index (χ0n) is 12.1. The Hall–Kier alpha value is -1.17. The van der Waals surface area contributed by atoms with E-state index >= 15 is 0 Å². The van der Waals surface area contributed by atoms with Crippen LogP contribution in [0, 0.1) is 0 Å². The van der Waals surface area contributed by atoms with Crippen LogP contribution in [0.1, 0.15) is 17.7 Å². The van der Waals surface area contributed by atoms with Crippen molar-refractivity contribution in [2.24, 2.45) is 7.05 Å². The van der Waals surface area contributed by atoms with Crippen LogP contribution in [0.4, 0.5) is 0 Å². The highest BCUT2D eigenvalue weighted by Gasteiger charge is 2.19. The molecule has 0 aliphatic carbocycles. The number of thiophene rings is 1. The van der Waals surface area contributed by atoms with Crippen LogP contribution in [0.15, 0.2) is 24.5 Å². The van der Waals surface area contributed by atoms with Crippen LogP contribution in [-0.2, 0) is 18.3 Å². The first kappa shape index (κ1) is 13.8. The molecule has 3 rings (SSSR count). The molecule has 0 bridgehead atoms. The molecule has 2 aromatic rings. The smallest absolute Gasteiger partial charge is 0.0698 e. The number of likely N-dealkylation sites (tertiary alicyclic amines) is 1. The normalized spacial score (nSPS) is 20.4.